The van der Waals surface area contributed by atoms with Crippen LogP contribution >= 0.6 is 35.3 Å². The Kier molecular flexibility index (Phi) is 6.79. The van der Waals surface area contributed by atoms with Crippen molar-refractivity contribution >= 4 is 41.3 Å². The number of thiophene rings is 1. The molecule has 0 atom stereocenters. The first-order chi connectivity index (χ1) is 9.02. The number of halogens is 2. The average Bonchev–Trinajstić information content (AvgIpc) is 2.83. The first-order valence-corrected chi connectivity index (χ1v) is 8.03. The number of piperidine rings is 1. The van der Waals surface area contributed by atoms with Crippen molar-refractivity contribution in [3.05, 3.63) is 21.3 Å². The van der Waals surface area contributed by atoms with Gasteiger partial charge in [-0.1, -0.05) is 18.5 Å². The largest absolute Gasteiger partial charge is 0.343 e. The number of hydrogen-bond acceptors (Lipinski definition) is 3. The van der Waals surface area contributed by atoms with Crippen LogP contribution < -0.4 is 5.73 Å². The molecule has 6 heteroatoms. The molecule has 1 aromatic rings. The SMILES string of the molecule is CCC1(N)CCN(C(=O)CCc2ccc(Cl)s2)CC1.Cl. The molecular formula is C14H22Cl2N2OS. The highest BCUT2D eigenvalue weighted by Crippen LogP contribution is 2.25. The van der Waals surface area contributed by atoms with E-state index in [1.807, 2.05) is 17.0 Å². The summed E-state index contributed by atoms with van der Waals surface area (Å²) in [5.74, 6) is 0.239. The van der Waals surface area contributed by atoms with Gasteiger partial charge in [0.05, 0.1) is 4.34 Å². The number of rotatable bonds is 4. The van der Waals surface area contributed by atoms with Crippen LogP contribution in [0.2, 0.25) is 4.34 Å². The normalized spacial score (nSPS) is 17.6. The summed E-state index contributed by atoms with van der Waals surface area (Å²) in [7, 11) is 0. The van der Waals surface area contributed by atoms with E-state index in [9.17, 15) is 4.79 Å². The summed E-state index contributed by atoms with van der Waals surface area (Å²) >= 11 is 7.44. The molecule has 1 amide bonds. The summed E-state index contributed by atoms with van der Waals surface area (Å²) in [5, 5.41) is 0. The second-order valence-corrected chi connectivity index (χ2v) is 7.10. The lowest BCUT2D eigenvalue weighted by atomic mass is 9.86. The van der Waals surface area contributed by atoms with Crippen LogP contribution in [0.4, 0.5) is 0 Å². The van der Waals surface area contributed by atoms with Gasteiger partial charge in [0.25, 0.3) is 0 Å². The fourth-order valence-corrected chi connectivity index (χ4v) is 3.52. The van der Waals surface area contributed by atoms with Gasteiger partial charge in [-0.15, -0.1) is 23.7 Å². The van der Waals surface area contributed by atoms with Gasteiger partial charge < -0.3 is 10.6 Å². The van der Waals surface area contributed by atoms with Crippen LogP contribution in [-0.4, -0.2) is 29.4 Å². The number of nitrogens with zero attached hydrogens (tertiary/aromatic N) is 1. The van der Waals surface area contributed by atoms with E-state index in [1.165, 1.54) is 4.88 Å². The minimum atomic E-state index is -0.0575. The molecule has 0 radical (unpaired) electrons. The Morgan fingerprint density at radius 2 is 2.10 bits per heavy atom. The van der Waals surface area contributed by atoms with E-state index in [0.717, 1.165) is 43.1 Å². The van der Waals surface area contributed by atoms with E-state index >= 15 is 0 Å². The third kappa shape index (κ3) is 4.62. The first-order valence-electron chi connectivity index (χ1n) is 6.83. The van der Waals surface area contributed by atoms with Crippen molar-refractivity contribution in [3.8, 4) is 0 Å². The molecule has 0 bridgehead atoms. The van der Waals surface area contributed by atoms with Gasteiger partial charge in [0.2, 0.25) is 5.91 Å². The van der Waals surface area contributed by atoms with E-state index in [0.29, 0.717) is 6.42 Å². The molecule has 0 aromatic carbocycles. The highest BCUT2D eigenvalue weighted by atomic mass is 35.5. The molecule has 3 nitrogen and oxygen atoms in total. The van der Waals surface area contributed by atoms with E-state index in [2.05, 4.69) is 6.92 Å². The van der Waals surface area contributed by atoms with Gasteiger partial charge >= 0.3 is 0 Å². The minimum Gasteiger partial charge on any atom is -0.343 e. The maximum atomic E-state index is 12.1. The standard InChI is InChI=1S/C14H21ClN2OS.ClH/c1-2-14(16)7-9-17(10-8-14)13(18)6-4-11-3-5-12(15)19-11;/h3,5H,2,4,6-10,16H2,1H3;1H. The Bertz CT molecular complexity index is 442. The van der Waals surface area contributed by atoms with Crippen LogP contribution in [0.15, 0.2) is 12.1 Å². The summed E-state index contributed by atoms with van der Waals surface area (Å²) in [5.41, 5.74) is 6.18. The van der Waals surface area contributed by atoms with Gasteiger partial charge in [-0.05, 0) is 37.8 Å². The second-order valence-electron chi connectivity index (χ2n) is 5.30. The molecule has 114 valence electrons. The zero-order chi connectivity index (χ0) is 13.9. The summed E-state index contributed by atoms with van der Waals surface area (Å²) in [6.07, 6.45) is 4.18. The van der Waals surface area contributed by atoms with Crippen molar-refractivity contribution in [3.63, 3.8) is 0 Å². The number of amides is 1. The predicted molar refractivity (Wildman–Crippen MR) is 87.9 cm³/mol. The van der Waals surface area contributed by atoms with Crippen molar-refractivity contribution in [2.45, 2.75) is 44.6 Å². The topological polar surface area (TPSA) is 46.3 Å². The third-order valence-electron chi connectivity index (χ3n) is 4.03. The van der Waals surface area contributed by atoms with Crippen LogP contribution in [0.3, 0.4) is 0 Å². The molecule has 2 heterocycles. The Morgan fingerprint density at radius 1 is 1.45 bits per heavy atom. The molecule has 2 rings (SSSR count). The van der Waals surface area contributed by atoms with E-state index < -0.39 is 0 Å². The van der Waals surface area contributed by atoms with E-state index in [4.69, 9.17) is 17.3 Å². The molecule has 2 N–H and O–H groups in total. The lowest BCUT2D eigenvalue weighted by Crippen LogP contribution is -2.51. The molecule has 0 spiro atoms. The Balaban J connectivity index is 0.00000200. The molecule has 0 saturated carbocycles. The second kappa shape index (κ2) is 7.64. The maximum Gasteiger partial charge on any atom is 0.222 e. The number of hydrogen-bond donors (Lipinski definition) is 1. The smallest absolute Gasteiger partial charge is 0.222 e. The van der Waals surface area contributed by atoms with Crippen LogP contribution in [0.25, 0.3) is 0 Å². The monoisotopic (exact) mass is 336 g/mol. The molecule has 1 saturated heterocycles. The third-order valence-corrected chi connectivity index (χ3v) is 5.32. The predicted octanol–water partition coefficient (Wildman–Crippen LogP) is 3.49. The van der Waals surface area contributed by atoms with Crippen LogP contribution in [0.1, 0.15) is 37.5 Å². The molecule has 1 aromatic heterocycles. The first kappa shape index (κ1) is 17.8. The molecule has 1 aliphatic heterocycles. The summed E-state index contributed by atoms with van der Waals surface area (Å²) < 4.78 is 0.788. The van der Waals surface area contributed by atoms with Gasteiger partial charge in [0.1, 0.15) is 0 Å². The van der Waals surface area contributed by atoms with Crippen molar-refractivity contribution in [2.24, 2.45) is 5.73 Å². The molecule has 0 unspecified atom stereocenters. The number of carbonyl (C=O) groups is 1. The van der Waals surface area contributed by atoms with Crippen molar-refractivity contribution in [1.29, 1.82) is 0 Å². The lowest BCUT2D eigenvalue weighted by molar-refractivity contribution is -0.132. The molecular weight excluding hydrogens is 315 g/mol. The Hall–Kier alpha value is -0.290. The number of nitrogens with two attached hydrogens (primary N) is 1. The van der Waals surface area contributed by atoms with Crippen molar-refractivity contribution < 1.29 is 4.79 Å². The zero-order valence-corrected chi connectivity index (χ0v) is 14.1. The fourth-order valence-electron chi connectivity index (χ4n) is 2.43. The van der Waals surface area contributed by atoms with Gasteiger partial charge in [-0.2, -0.15) is 0 Å². The van der Waals surface area contributed by atoms with Gasteiger partial charge in [0, 0.05) is 29.9 Å². The van der Waals surface area contributed by atoms with Crippen LogP contribution in [-0.2, 0) is 11.2 Å². The van der Waals surface area contributed by atoms with Crippen molar-refractivity contribution in [2.75, 3.05) is 13.1 Å². The van der Waals surface area contributed by atoms with E-state index in [-0.39, 0.29) is 23.9 Å². The van der Waals surface area contributed by atoms with E-state index in [1.54, 1.807) is 11.3 Å². The zero-order valence-electron chi connectivity index (χ0n) is 11.7. The van der Waals surface area contributed by atoms with Gasteiger partial charge in [-0.3, -0.25) is 4.79 Å². The number of aryl methyl sites for hydroxylation is 1. The van der Waals surface area contributed by atoms with Crippen LogP contribution in [0.5, 0.6) is 0 Å². The summed E-state index contributed by atoms with van der Waals surface area (Å²) in [6.45, 7) is 3.72. The highest BCUT2D eigenvalue weighted by Gasteiger charge is 2.30. The maximum absolute atomic E-state index is 12.1. The van der Waals surface area contributed by atoms with Crippen LogP contribution in [0, 0.1) is 0 Å². The Labute approximate surface area is 135 Å². The molecule has 20 heavy (non-hydrogen) atoms. The number of likely N-dealkylation sites (tertiary alicyclic amines) is 1. The minimum absolute atomic E-state index is 0. The average molecular weight is 337 g/mol. The fraction of sp³-hybridized carbons (Fsp3) is 0.643. The number of carbonyl (C=O) groups excluding carboxylic acids is 1. The lowest BCUT2D eigenvalue weighted by Gasteiger charge is -2.38. The van der Waals surface area contributed by atoms with Crippen molar-refractivity contribution in [1.82, 2.24) is 4.90 Å². The summed E-state index contributed by atoms with van der Waals surface area (Å²) in [4.78, 5) is 15.3. The Morgan fingerprint density at radius 3 is 2.60 bits per heavy atom. The molecule has 1 fully saturated rings. The summed E-state index contributed by atoms with van der Waals surface area (Å²) in [6, 6.07) is 3.88. The highest BCUT2D eigenvalue weighted by molar-refractivity contribution is 7.16. The quantitative estimate of drug-likeness (QED) is 0.914. The van der Waals surface area contributed by atoms with Gasteiger partial charge in [0.15, 0.2) is 0 Å². The molecule has 0 aliphatic carbocycles. The van der Waals surface area contributed by atoms with Gasteiger partial charge in [-0.25, -0.2) is 0 Å². The molecule has 1 aliphatic rings.